The number of nitrogens with one attached hydrogen (secondary N) is 1. The van der Waals surface area contributed by atoms with Gasteiger partial charge in [-0.3, -0.25) is 9.20 Å². The number of aromatic nitrogens is 2. The quantitative estimate of drug-likeness (QED) is 0.694. The number of carbonyl (C=O) groups excluding carboxylic acids is 1. The number of nitrogens with zero attached hydrogens (tertiary/aromatic N) is 2. The van der Waals surface area contributed by atoms with E-state index in [0.29, 0.717) is 30.7 Å². The van der Waals surface area contributed by atoms with Crippen LogP contribution in [-0.4, -0.2) is 28.9 Å². The van der Waals surface area contributed by atoms with Gasteiger partial charge in [0.05, 0.1) is 18.4 Å². The van der Waals surface area contributed by atoms with Crippen molar-refractivity contribution in [3.8, 4) is 5.75 Å². The van der Waals surface area contributed by atoms with Crippen LogP contribution >= 0.6 is 0 Å². The summed E-state index contributed by atoms with van der Waals surface area (Å²) in [6, 6.07) is 9.69. The van der Waals surface area contributed by atoms with E-state index in [4.69, 9.17) is 4.74 Å². The van der Waals surface area contributed by atoms with Gasteiger partial charge >= 0.3 is 6.18 Å². The predicted molar refractivity (Wildman–Crippen MR) is 98.6 cm³/mol. The van der Waals surface area contributed by atoms with E-state index in [2.05, 4.69) is 10.3 Å². The van der Waals surface area contributed by atoms with Gasteiger partial charge in [0.25, 0.3) is 5.91 Å². The highest BCUT2D eigenvalue weighted by Crippen LogP contribution is 2.30. The predicted octanol–water partition coefficient (Wildman–Crippen LogP) is 3.90. The standard InChI is InChI=1S/C20H20F3N3O2/c1-3-16-18(26-12-14(20(21,22)23)6-9-17(26)25-16)19(27)24-11-10-13-4-7-15(28-2)8-5-13/h4-9,12H,3,10-11H2,1-2H3,(H,24,27). The minimum Gasteiger partial charge on any atom is -0.497 e. The lowest BCUT2D eigenvalue weighted by molar-refractivity contribution is -0.137. The molecule has 2 heterocycles. The minimum atomic E-state index is -4.49. The molecule has 1 N–H and O–H groups in total. The third kappa shape index (κ3) is 4.11. The van der Waals surface area contributed by atoms with Crippen LogP contribution in [0.25, 0.3) is 5.65 Å². The first kappa shape index (κ1) is 19.7. The molecule has 0 aliphatic rings. The summed E-state index contributed by atoms with van der Waals surface area (Å²) >= 11 is 0. The van der Waals surface area contributed by atoms with Crippen LogP contribution < -0.4 is 10.1 Å². The molecule has 0 unspecified atom stereocenters. The molecule has 0 radical (unpaired) electrons. The molecule has 0 saturated carbocycles. The van der Waals surface area contributed by atoms with Crippen LogP contribution in [0, 0.1) is 0 Å². The molecule has 0 atom stereocenters. The third-order valence-corrected chi connectivity index (χ3v) is 4.43. The van der Waals surface area contributed by atoms with Gasteiger partial charge in [-0.05, 0) is 42.7 Å². The number of alkyl halides is 3. The number of carbonyl (C=O) groups is 1. The van der Waals surface area contributed by atoms with Crippen LogP contribution in [-0.2, 0) is 19.0 Å². The molecule has 0 aliphatic heterocycles. The number of methoxy groups -OCH3 is 1. The van der Waals surface area contributed by atoms with E-state index < -0.39 is 17.6 Å². The third-order valence-electron chi connectivity index (χ3n) is 4.43. The molecule has 3 rings (SSSR count). The second-order valence-electron chi connectivity index (χ2n) is 6.26. The lowest BCUT2D eigenvalue weighted by atomic mass is 10.1. The number of imidazole rings is 1. The molecular weight excluding hydrogens is 371 g/mol. The number of ether oxygens (including phenoxy) is 1. The maximum absolute atomic E-state index is 13.0. The SMILES string of the molecule is CCc1nc2ccc(C(F)(F)F)cn2c1C(=O)NCCc1ccc(OC)cc1. The van der Waals surface area contributed by atoms with Gasteiger partial charge in [0.15, 0.2) is 0 Å². The molecular formula is C20H20F3N3O2. The van der Waals surface area contributed by atoms with E-state index in [0.717, 1.165) is 23.6 Å². The first-order valence-electron chi connectivity index (χ1n) is 8.82. The van der Waals surface area contributed by atoms with Gasteiger partial charge in [-0.15, -0.1) is 0 Å². The summed E-state index contributed by atoms with van der Waals surface area (Å²) in [4.78, 5) is 17.0. The van der Waals surface area contributed by atoms with Crippen molar-refractivity contribution in [2.75, 3.05) is 13.7 Å². The number of hydrogen-bond acceptors (Lipinski definition) is 3. The fraction of sp³-hybridized carbons (Fsp3) is 0.300. The van der Waals surface area contributed by atoms with Crippen LogP contribution in [0.1, 0.15) is 34.2 Å². The van der Waals surface area contributed by atoms with E-state index in [-0.39, 0.29) is 5.69 Å². The zero-order chi connectivity index (χ0) is 20.3. The highest BCUT2D eigenvalue weighted by molar-refractivity contribution is 5.94. The first-order valence-corrected chi connectivity index (χ1v) is 8.82. The summed E-state index contributed by atoms with van der Waals surface area (Å²) in [5, 5.41) is 2.77. The highest BCUT2D eigenvalue weighted by atomic mass is 19.4. The van der Waals surface area contributed by atoms with Crippen molar-refractivity contribution in [1.29, 1.82) is 0 Å². The number of halogens is 3. The number of benzene rings is 1. The Balaban J connectivity index is 1.79. The van der Waals surface area contributed by atoms with Gasteiger partial charge in [-0.1, -0.05) is 19.1 Å². The van der Waals surface area contributed by atoms with Crippen molar-refractivity contribution < 1.29 is 22.7 Å². The summed E-state index contributed by atoms with van der Waals surface area (Å²) in [6.07, 6.45) is -2.56. The Bertz CT molecular complexity index is 979. The monoisotopic (exact) mass is 391 g/mol. The van der Waals surface area contributed by atoms with E-state index in [9.17, 15) is 18.0 Å². The van der Waals surface area contributed by atoms with Crippen LogP contribution in [0.4, 0.5) is 13.2 Å². The Kier molecular flexibility index (Phi) is 5.58. The summed E-state index contributed by atoms with van der Waals surface area (Å²) in [5.74, 6) is 0.295. The number of fused-ring (bicyclic) bond motifs is 1. The molecule has 0 bridgehead atoms. The Labute approximate surface area is 160 Å². The van der Waals surface area contributed by atoms with Crippen molar-refractivity contribution >= 4 is 11.6 Å². The summed E-state index contributed by atoms with van der Waals surface area (Å²) < 4.78 is 45.4. The Morgan fingerprint density at radius 1 is 1.18 bits per heavy atom. The molecule has 28 heavy (non-hydrogen) atoms. The highest BCUT2D eigenvalue weighted by Gasteiger charge is 2.31. The summed E-state index contributed by atoms with van der Waals surface area (Å²) in [7, 11) is 1.58. The molecule has 1 aromatic carbocycles. The fourth-order valence-electron chi connectivity index (χ4n) is 2.94. The van der Waals surface area contributed by atoms with Gasteiger partial charge in [-0.25, -0.2) is 4.98 Å². The van der Waals surface area contributed by atoms with Crippen molar-refractivity contribution in [1.82, 2.24) is 14.7 Å². The number of amides is 1. The van der Waals surface area contributed by atoms with E-state index in [1.807, 2.05) is 24.3 Å². The minimum absolute atomic E-state index is 0.137. The maximum atomic E-state index is 13.0. The largest absolute Gasteiger partial charge is 0.497 e. The van der Waals surface area contributed by atoms with Gasteiger partial charge in [-0.2, -0.15) is 13.2 Å². The topological polar surface area (TPSA) is 55.6 Å². The molecule has 148 valence electrons. The lowest BCUT2D eigenvalue weighted by Gasteiger charge is -2.10. The number of hydrogen-bond donors (Lipinski definition) is 1. The second kappa shape index (κ2) is 7.92. The normalized spacial score (nSPS) is 11.6. The van der Waals surface area contributed by atoms with Crippen molar-refractivity contribution in [3.05, 3.63) is 65.1 Å². The van der Waals surface area contributed by atoms with Crippen molar-refractivity contribution in [2.45, 2.75) is 25.9 Å². The van der Waals surface area contributed by atoms with Crippen LogP contribution in [0.5, 0.6) is 5.75 Å². The zero-order valence-electron chi connectivity index (χ0n) is 15.5. The van der Waals surface area contributed by atoms with Gasteiger partial charge in [0.2, 0.25) is 0 Å². The Hall–Kier alpha value is -3.03. The molecule has 0 saturated heterocycles. The summed E-state index contributed by atoms with van der Waals surface area (Å²) in [5.41, 5.74) is 1.09. The van der Waals surface area contributed by atoms with E-state index in [1.54, 1.807) is 14.0 Å². The van der Waals surface area contributed by atoms with Gasteiger partial charge < -0.3 is 10.1 Å². The molecule has 1 amide bonds. The average Bonchev–Trinajstić information content (AvgIpc) is 3.05. The number of aryl methyl sites for hydroxylation is 1. The molecule has 0 aliphatic carbocycles. The van der Waals surface area contributed by atoms with Crippen molar-refractivity contribution in [2.24, 2.45) is 0 Å². The van der Waals surface area contributed by atoms with Gasteiger partial charge in [0.1, 0.15) is 17.1 Å². The van der Waals surface area contributed by atoms with E-state index >= 15 is 0 Å². The first-order chi connectivity index (χ1) is 13.3. The van der Waals surface area contributed by atoms with Gasteiger partial charge in [0, 0.05) is 12.7 Å². The van der Waals surface area contributed by atoms with Crippen LogP contribution in [0.2, 0.25) is 0 Å². The second-order valence-corrected chi connectivity index (χ2v) is 6.26. The molecule has 8 heteroatoms. The lowest BCUT2D eigenvalue weighted by Crippen LogP contribution is -2.28. The maximum Gasteiger partial charge on any atom is 0.417 e. The fourth-order valence-corrected chi connectivity index (χ4v) is 2.94. The number of pyridine rings is 1. The molecule has 0 fully saturated rings. The number of rotatable bonds is 6. The van der Waals surface area contributed by atoms with Crippen LogP contribution in [0.15, 0.2) is 42.6 Å². The van der Waals surface area contributed by atoms with E-state index in [1.165, 1.54) is 10.5 Å². The Morgan fingerprint density at radius 2 is 1.89 bits per heavy atom. The van der Waals surface area contributed by atoms with Crippen molar-refractivity contribution in [3.63, 3.8) is 0 Å². The molecule has 5 nitrogen and oxygen atoms in total. The molecule has 0 spiro atoms. The molecule has 3 aromatic rings. The average molecular weight is 391 g/mol. The smallest absolute Gasteiger partial charge is 0.417 e. The summed E-state index contributed by atoms with van der Waals surface area (Å²) in [6.45, 7) is 2.15. The molecule has 2 aromatic heterocycles. The van der Waals surface area contributed by atoms with Crippen LogP contribution in [0.3, 0.4) is 0 Å². The zero-order valence-corrected chi connectivity index (χ0v) is 15.5. The Morgan fingerprint density at radius 3 is 2.50 bits per heavy atom.